The summed E-state index contributed by atoms with van der Waals surface area (Å²) in [6, 6.07) is 0.601. The van der Waals surface area contributed by atoms with Crippen molar-refractivity contribution in [2.45, 2.75) is 59.4 Å². The Morgan fingerprint density at radius 1 is 1.32 bits per heavy atom. The van der Waals surface area contributed by atoms with Gasteiger partial charge < -0.3 is 5.11 Å². The fourth-order valence-electron chi connectivity index (χ4n) is 4.05. The summed E-state index contributed by atoms with van der Waals surface area (Å²) < 4.78 is 0. The average Bonchev–Trinajstić information content (AvgIpc) is 2.78. The first kappa shape index (κ1) is 14.8. The molecular weight excluding hydrogens is 238 g/mol. The minimum absolute atomic E-state index is 0.214. The zero-order chi connectivity index (χ0) is 14.2. The molecule has 1 heterocycles. The van der Waals surface area contributed by atoms with Crippen molar-refractivity contribution in [3.05, 3.63) is 0 Å². The summed E-state index contributed by atoms with van der Waals surface area (Å²) in [6.45, 7) is 10.5. The lowest BCUT2D eigenvalue weighted by molar-refractivity contribution is -0.151. The summed E-state index contributed by atoms with van der Waals surface area (Å²) in [7, 11) is 0. The minimum Gasteiger partial charge on any atom is -0.481 e. The van der Waals surface area contributed by atoms with E-state index in [2.05, 4.69) is 32.6 Å². The minimum atomic E-state index is -0.596. The van der Waals surface area contributed by atoms with E-state index in [0.29, 0.717) is 12.0 Å². The van der Waals surface area contributed by atoms with Gasteiger partial charge in [-0.15, -0.1) is 0 Å². The van der Waals surface area contributed by atoms with E-state index < -0.39 is 11.4 Å². The maximum Gasteiger partial charge on any atom is 0.311 e. The van der Waals surface area contributed by atoms with Gasteiger partial charge in [-0.3, -0.25) is 9.69 Å². The van der Waals surface area contributed by atoms with Crippen molar-refractivity contribution in [2.24, 2.45) is 23.2 Å². The van der Waals surface area contributed by atoms with Crippen molar-refractivity contribution in [3.63, 3.8) is 0 Å². The van der Waals surface area contributed by atoms with E-state index in [1.807, 2.05) is 0 Å². The Balaban J connectivity index is 2.10. The highest BCUT2D eigenvalue weighted by Gasteiger charge is 2.49. The standard InChI is InChI=1S/C16H29NO2/c1-11(2)16(15(18)19)7-8-17(10-16)14-9-12(3)5-6-13(14)4/h11-14H,5-10H2,1-4H3,(H,18,19). The number of carbonyl (C=O) groups is 1. The molecule has 1 saturated carbocycles. The highest BCUT2D eigenvalue weighted by atomic mass is 16.4. The van der Waals surface area contributed by atoms with Gasteiger partial charge in [-0.05, 0) is 43.6 Å². The van der Waals surface area contributed by atoms with Gasteiger partial charge in [-0.25, -0.2) is 0 Å². The smallest absolute Gasteiger partial charge is 0.311 e. The monoisotopic (exact) mass is 267 g/mol. The van der Waals surface area contributed by atoms with E-state index in [4.69, 9.17) is 0 Å². The second-order valence-corrected chi connectivity index (χ2v) is 7.30. The van der Waals surface area contributed by atoms with Crippen LogP contribution in [-0.4, -0.2) is 35.1 Å². The lowest BCUT2D eigenvalue weighted by Gasteiger charge is -2.40. The molecule has 2 aliphatic rings. The van der Waals surface area contributed by atoms with Crippen LogP contribution in [0.5, 0.6) is 0 Å². The molecule has 0 bridgehead atoms. The van der Waals surface area contributed by atoms with Crippen LogP contribution in [0.25, 0.3) is 0 Å². The normalized spacial score (nSPS) is 40.8. The molecule has 0 radical (unpaired) electrons. The van der Waals surface area contributed by atoms with Gasteiger partial charge >= 0.3 is 5.97 Å². The summed E-state index contributed by atoms with van der Waals surface area (Å²) in [6.07, 6.45) is 4.69. The van der Waals surface area contributed by atoms with E-state index in [0.717, 1.165) is 25.4 Å². The first-order valence-electron chi connectivity index (χ1n) is 7.84. The highest BCUT2D eigenvalue weighted by Crippen LogP contribution is 2.42. The van der Waals surface area contributed by atoms with Gasteiger partial charge in [0.25, 0.3) is 0 Å². The molecule has 1 aliphatic carbocycles. The second-order valence-electron chi connectivity index (χ2n) is 7.30. The third-order valence-electron chi connectivity index (χ3n) is 5.75. The third-order valence-corrected chi connectivity index (χ3v) is 5.75. The Morgan fingerprint density at radius 2 is 2.00 bits per heavy atom. The fourth-order valence-corrected chi connectivity index (χ4v) is 4.05. The number of carboxylic acid groups (broad SMARTS) is 1. The topological polar surface area (TPSA) is 40.5 Å². The predicted octanol–water partition coefficient (Wildman–Crippen LogP) is 3.24. The molecule has 2 fully saturated rings. The molecule has 0 aromatic heterocycles. The van der Waals surface area contributed by atoms with Crippen LogP contribution in [0.3, 0.4) is 0 Å². The summed E-state index contributed by atoms with van der Waals surface area (Å²) in [5, 5.41) is 9.64. The second kappa shape index (κ2) is 5.43. The van der Waals surface area contributed by atoms with Gasteiger partial charge in [0.2, 0.25) is 0 Å². The molecular formula is C16H29NO2. The number of likely N-dealkylation sites (tertiary alicyclic amines) is 1. The summed E-state index contributed by atoms with van der Waals surface area (Å²) in [5.41, 5.74) is -0.513. The Bertz CT molecular complexity index is 342. The molecule has 1 saturated heterocycles. The fraction of sp³-hybridized carbons (Fsp3) is 0.938. The maximum absolute atomic E-state index is 11.7. The van der Waals surface area contributed by atoms with Crippen LogP contribution in [0.4, 0.5) is 0 Å². The number of nitrogens with zero attached hydrogens (tertiary/aromatic N) is 1. The van der Waals surface area contributed by atoms with Gasteiger partial charge in [-0.2, -0.15) is 0 Å². The molecule has 0 aromatic rings. The number of rotatable bonds is 3. The van der Waals surface area contributed by atoms with Crippen molar-refractivity contribution >= 4 is 5.97 Å². The van der Waals surface area contributed by atoms with Gasteiger partial charge in [0.05, 0.1) is 5.41 Å². The molecule has 3 heteroatoms. The molecule has 19 heavy (non-hydrogen) atoms. The molecule has 3 nitrogen and oxygen atoms in total. The van der Waals surface area contributed by atoms with Crippen LogP contribution >= 0.6 is 0 Å². The van der Waals surface area contributed by atoms with E-state index >= 15 is 0 Å². The molecule has 2 rings (SSSR count). The SMILES string of the molecule is CC1CCC(C)C(N2CCC(C(=O)O)(C(C)C)C2)C1. The molecule has 4 atom stereocenters. The average molecular weight is 267 g/mol. The van der Waals surface area contributed by atoms with Crippen molar-refractivity contribution < 1.29 is 9.90 Å². The van der Waals surface area contributed by atoms with Gasteiger partial charge in [0, 0.05) is 12.6 Å². The quantitative estimate of drug-likeness (QED) is 0.853. The van der Waals surface area contributed by atoms with E-state index in [9.17, 15) is 9.90 Å². The van der Waals surface area contributed by atoms with Crippen molar-refractivity contribution in [3.8, 4) is 0 Å². The van der Waals surface area contributed by atoms with Gasteiger partial charge in [-0.1, -0.05) is 34.1 Å². The molecule has 1 N–H and O–H groups in total. The van der Waals surface area contributed by atoms with Gasteiger partial charge in [0.1, 0.15) is 0 Å². The number of carboxylic acids is 1. The summed E-state index contributed by atoms with van der Waals surface area (Å²) in [5.74, 6) is 1.13. The van der Waals surface area contributed by atoms with Crippen LogP contribution in [0.2, 0.25) is 0 Å². The van der Waals surface area contributed by atoms with Crippen LogP contribution in [0.1, 0.15) is 53.4 Å². The van der Waals surface area contributed by atoms with Crippen molar-refractivity contribution in [1.82, 2.24) is 4.90 Å². The maximum atomic E-state index is 11.7. The van der Waals surface area contributed by atoms with E-state index in [-0.39, 0.29) is 5.92 Å². The highest BCUT2D eigenvalue weighted by molar-refractivity contribution is 5.75. The third kappa shape index (κ3) is 2.67. The first-order chi connectivity index (χ1) is 8.86. The number of hydrogen-bond acceptors (Lipinski definition) is 2. The predicted molar refractivity (Wildman–Crippen MR) is 77.1 cm³/mol. The van der Waals surface area contributed by atoms with Crippen molar-refractivity contribution in [2.75, 3.05) is 13.1 Å². The number of aliphatic carboxylic acids is 1. The van der Waals surface area contributed by atoms with Crippen LogP contribution in [-0.2, 0) is 4.79 Å². The summed E-state index contributed by atoms with van der Waals surface area (Å²) in [4.78, 5) is 14.2. The summed E-state index contributed by atoms with van der Waals surface area (Å²) >= 11 is 0. The molecule has 0 aromatic carbocycles. The molecule has 0 spiro atoms. The lowest BCUT2D eigenvalue weighted by Crippen LogP contribution is -2.45. The lowest BCUT2D eigenvalue weighted by atomic mass is 9.76. The van der Waals surface area contributed by atoms with Crippen LogP contribution < -0.4 is 0 Å². The number of hydrogen-bond donors (Lipinski definition) is 1. The van der Waals surface area contributed by atoms with Gasteiger partial charge in [0.15, 0.2) is 0 Å². The molecule has 4 unspecified atom stereocenters. The Morgan fingerprint density at radius 3 is 2.53 bits per heavy atom. The Labute approximate surface area is 117 Å². The zero-order valence-electron chi connectivity index (χ0n) is 12.9. The van der Waals surface area contributed by atoms with E-state index in [1.54, 1.807) is 0 Å². The Hall–Kier alpha value is -0.570. The van der Waals surface area contributed by atoms with Crippen LogP contribution in [0, 0.1) is 23.2 Å². The molecule has 0 amide bonds. The van der Waals surface area contributed by atoms with Crippen LogP contribution in [0.15, 0.2) is 0 Å². The van der Waals surface area contributed by atoms with Crippen molar-refractivity contribution in [1.29, 1.82) is 0 Å². The largest absolute Gasteiger partial charge is 0.481 e. The molecule has 110 valence electrons. The zero-order valence-corrected chi connectivity index (χ0v) is 12.9. The first-order valence-corrected chi connectivity index (χ1v) is 7.84. The molecule has 1 aliphatic heterocycles. The van der Waals surface area contributed by atoms with E-state index in [1.165, 1.54) is 19.3 Å². The Kier molecular flexibility index (Phi) is 4.24.